The fourth-order valence-corrected chi connectivity index (χ4v) is 1.69. The molecule has 1 aromatic heterocycles. The van der Waals surface area contributed by atoms with Gasteiger partial charge in [-0.15, -0.1) is 11.8 Å². The molecular weight excluding hydrogens is 224 g/mol. The molecule has 0 atom stereocenters. The van der Waals surface area contributed by atoms with Gasteiger partial charge in [-0.05, 0) is 12.3 Å². The third-order valence-electron chi connectivity index (χ3n) is 1.47. The van der Waals surface area contributed by atoms with Crippen molar-refractivity contribution in [3.05, 3.63) is 23.0 Å². The number of carbonyl (C=O) groups excluding carboxylic acids is 1. The number of thioether (sulfide) groups is 1. The van der Waals surface area contributed by atoms with Gasteiger partial charge in [0.25, 0.3) is 0 Å². The van der Waals surface area contributed by atoms with Gasteiger partial charge in [-0.2, -0.15) is 0 Å². The van der Waals surface area contributed by atoms with Crippen LogP contribution in [-0.2, 0) is 11.3 Å². The van der Waals surface area contributed by atoms with Crippen molar-refractivity contribution < 1.29 is 9.53 Å². The van der Waals surface area contributed by atoms with Crippen LogP contribution in [0.25, 0.3) is 0 Å². The number of aromatic nitrogens is 1. The predicted octanol–water partition coefficient (Wildman–Crippen LogP) is 2.05. The van der Waals surface area contributed by atoms with Crippen LogP contribution in [0.2, 0.25) is 5.02 Å². The van der Waals surface area contributed by atoms with E-state index in [0.29, 0.717) is 10.7 Å². The molecular formula is C8H9ClN2O2S. The zero-order chi connectivity index (χ0) is 10.6. The van der Waals surface area contributed by atoms with Gasteiger partial charge in [-0.25, -0.2) is 4.79 Å². The summed E-state index contributed by atoms with van der Waals surface area (Å²) in [6.07, 6.45) is 2.58. The number of halogens is 1. The number of hydrogen-bond acceptors (Lipinski definition) is 4. The topological polar surface area (TPSA) is 65.2 Å². The third-order valence-corrected chi connectivity index (χ3v) is 2.47. The molecule has 0 bridgehead atoms. The Bertz CT molecular complexity index is 346. The number of nitrogens with zero attached hydrogens (tertiary/aromatic N) is 1. The van der Waals surface area contributed by atoms with Crippen molar-refractivity contribution in [3.63, 3.8) is 0 Å². The van der Waals surface area contributed by atoms with E-state index in [0.717, 1.165) is 4.90 Å². The molecule has 0 saturated carbocycles. The summed E-state index contributed by atoms with van der Waals surface area (Å²) in [5.74, 6) is 0. The lowest BCUT2D eigenvalue weighted by Gasteiger charge is -2.05. The fourth-order valence-electron chi connectivity index (χ4n) is 0.874. The van der Waals surface area contributed by atoms with Crippen molar-refractivity contribution in [2.45, 2.75) is 11.5 Å². The number of nitrogens with two attached hydrogens (primary N) is 1. The molecule has 4 nitrogen and oxygen atoms in total. The molecule has 0 fully saturated rings. The first-order valence-electron chi connectivity index (χ1n) is 3.74. The molecule has 0 unspecified atom stereocenters. The minimum absolute atomic E-state index is 0.0721. The average molecular weight is 233 g/mol. The zero-order valence-corrected chi connectivity index (χ0v) is 9.06. The molecule has 1 heterocycles. The van der Waals surface area contributed by atoms with Crippen molar-refractivity contribution in [3.8, 4) is 0 Å². The van der Waals surface area contributed by atoms with Crippen LogP contribution in [0.15, 0.2) is 17.2 Å². The van der Waals surface area contributed by atoms with E-state index in [1.54, 1.807) is 6.07 Å². The summed E-state index contributed by atoms with van der Waals surface area (Å²) in [5.41, 5.74) is 5.49. The second-order valence-corrected chi connectivity index (χ2v) is 3.69. The van der Waals surface area contributed by atoms with Gasteiger partial charge in [0.2, 0.25) is 0 Å². The molecule has 0 aliphatic rings. The minimum Gasteiger partial charge on any atom is -0.443 e. The summed E-state index contributed by atoms with van der Waals surface area (Å²) in [5, 5.41) is 0.553. The maximum absolute atomic E-state index is 10.4. The highest BCUT2D eigenvalue weighted by molar-refractivity contribution is 7.98. The van der Waals surface area contributed by atoms with E-state index >= 15 is 0 Å². The summed E-state index contributed by atoms with van der Waals surface area (Å²) in [4.78, 5) is 15.3. The Morgan fingerprint density at radius 2 is 2.50 bits per heavy atom. The second-order valence-electron chi connectivity index (χ2n) is 2.41. The molecule has 0 aliphatic heterocycles. The maximum Gasteiger partial charge on any atom is 0.404 e. The first-order valence-corrected chi connectivity index (χ1v) is 5.34. The second kappa shape index (κ2) is 5.07. The highest BCUT2D eigenvalue weighted by Gasteiger charge is 2.05. The van der Waals surface area contributed by atoms with Gasteiger partial charge in [-0.3, -0.25) is 4.98 Å². The standard InChI is InChI=1S/C8H9ClN2O2S/c1-14-7-2-5(9)3-11-6(7)4-13-8(10)12/h2-3H,4H2,1H3,(H2,10,12). The Kier molecular flexibility index (Phi) is 4.03. The smallest absolute Gasteiger partial charge is 0.404 e. The zero-order valence-electron chi connectivity index (χ0n) is 7.49. The van der Waals surface area contributed by atoms with Gasteiger partial charge >= 0.3 is 6.09 Å². The van der Waals surface area contributed by atoms with E-state index in [-0.39, 0.29) is 6.61 Å². The number of amides is 1. The van der Waals surface area contributed by atoms with Crippen LogP contribution in [0.4, 0.5) is 4.79 Å². The molecule has 0 spiro atoms. The monoisotopic (exact) mass is 232 g/mol. The van der Waals surface area contributed by atoms with Crippen molar-refractivity contribution in [2.75, 3.05) is 6.26 Å². The molecule has 1 amide bonds. The van der Waals surface area contributed by atoms with Gasteiger partial charge in [0.05, 0.1) is 10.7 Å². The molecule has 1 aromatic rings. The molecule has 0 aromatic carbocycles. The number of ether oxygens (including phenoxy) is 1. The summed E-state index contributed by atoms with van der Waals surface area (Å²) >= 11 is 7.23. The van der Waals surface area contributed by atoms with Crippen LogP contribution in [0.1, 0.15) is 5.69 Å². The Labute approximate surface area is 90.8 Å². The lowest BCUT2D eigenvalue weighted by Crippen LogP contribution is -2.13. The Balaban J connectivity index is 2.80. The van der Waals surface area contributed by atoms with E-state index in [1.165, 1.54) is 18.0 Å². The average Bonchev–Trinajstić information content (AvgIpc) is 2.15. The van der Waals surface area contributed by atoms with Crippen LogP contribution in [0.5, 0.6) is 0 Å². The van der Waals surface area contributed by atoms with E-state index < -0.39 is 6.09 Å². The summed E-state index contributed by atoms with van der Waals surface area (Å²) < 4.78 is 4.63. The number of hydrogen-bond donors (Lipinski definition) is 1. The lowest BCUT2D eigenvalue weighted by atomic mass is 10.4. The highest BCUT2D eigenvalue weighted by Crippen LogP contribution is 2.22. The first kappa shape index (κ1) is 11.1. The fraction of sp³-hybridized carbons (Fsp3) is 0.250. The molecule has 2 N–H and O–H groups in total. The maximum atomic E-state index is 10.4. The number of pyridine rings is 1. The van der Waals surface area contributed by atoms with Gasteiger partial charge in [0.15, 0.2) is 0 Å². The molecule has 14 heavy (non-hydrogen) atoms. The molecule has 76 valence electrons. The van der Waals surface area contributed by atoms with Gasteiger partial charge in [0, 0.05) is 11.1 Å². The predicted molar refractivity (Wildman–Crippen MR) is 55.4 cm³/mol. The Morgan fingerprint density at radius 3 is 3.07 bits per heavy atom. The Morgan fingerprint density at radius 1 is 1.79 bits per heavy atom. The van der Waals surface area contributed by atoms with Gasteiger partial charge < -0.3 is 10.5 Å². The van der Waals surface area contributed by atoms with E-state index in [1.807, 2.05) is 6.26 Å². The quantitative estimate of drug-likeness (QED) is 0.811. The normalized spacial score (nSPS) is 9.86. The SMILES string of the molecule is CSc1cc(Cl)cnc1COC(N)=O. The Hall–Kier alpha value is -0.940. The molecule has 0 aliphatic carbocycles. The lowest BCUT2D eigenvalue weighted by molar-refractivity contribution is 0.148. The third kappa shape index (κ3) is 3.08. The number of carbonyl (C=O) groups is 1. The molecule has 1 rings (SSSR count). The van der Waals surface area contributed by atoms with Crippen LogP contribution < -0.4 is 5.73 Å². The highest BCUT2D eigenvalue weighted by atomic mass is 35.5. The van der Waals surface area contributed by atoms with Crippen molar-refractivity contribution in [1.29, 1.82) is 0 Å². The van der Waals surface area contributed by atoms with Gasteiger partial charge in [-0.1, -0.05) is 11.6 Å². The molecule has 0 radical (unpaired) electrons. The van der Waals surface area contributed by atoms with E-state index in [2.05, 4.69) is 9.72 Å². The van der Waals surface area contributed by atoms with E-state index in [9.17, 15) is 4.79 Å². The van der Waals surface area contributed by atoms with Crippen molar-refractivity contribution in [1.82, 2.24) is 4.98 Å². The van der Waals surface area contributed by atoms with Gasteiger partial charge in [0.1, 0.15) is 6.61 Å². The largest absolute Gasteiger partial charge is 0.443 e. The van der Waals surface area contributed by atoms with Crippen LogP contribution >= 0.6 is 23.4 Å². The summed E-state index contributed by atoms with van der Waals surface area (Å²) in [7, 11) is 0. The van der Waals surface area contributed by atoms with E-state index in [4.69, 9.17) is 17.3 Å². The molecule has 0 saturated heterocycles. The number of primary amides is 1. The minimum atomic E-state index is -0.811. The van der Waals surface area contributed by atoms with Crippen molar-refractivity contribution in [2.24, 2.45) is 5.73 Å². The summed E-state index contributed by atoms with van der Waals surface area (Å²) in [6, 6.07) is 1.76. The molecule has 6 heteroatoms. The van der Waals surface area contributed by atoms with Crippen molar-refractivity contribution >= 4 is 29.5 Å². The van der Waals surface area contributed by atoms with Crippen LogP contribution in [0, 0.1) is 0 Å². The van der Waals surface area contributed by atoms with Crippen LogP contribution in [-0.4, -0.2) is 17.3 Å². The summed E-state index contributed by atoms with van der Waals surface area (Å²) in [6.45, 7) is 0.0721. The first-order chi connectivity index (χ1) is 6.63. The number of rotatable bonds is 3. The van der Waals surface area contributed by atoms with Crippen LogP contribution in [0.3, 0.4) is 0 Å².